The highest BCUT2D eigenvalue weighted by Crippen LogP contribution is 2.25. The van der Waals surface area contributed by atoms with Crippen LogP contribution in [0.2, 0.25) is 0 Å². The first-order valence-electron chi connectivity index (χ1n) is 6.77. The fourth-order valence-electron chi connectivity index (χ4n) is 2.50. The van der Waals surface area contributed by atoms with E-state index in [1.54, 1.807) is 6.07 Å². The summed E-state index contributed by atoms with van der Waals surface area (Å²) >= 11 is 0. The molecule has 0 heterocycles. The zero-order chi connectivity index (χ0) is 14.7. The standard InChI is InChI=1S/C17H19F2N/c1-4-20-17(13-5-6-15(18)16(19)10-13)14-8-11(2)7-12(3)9-14/h5-10,17,20H,4H2,1-3H3. The molecule has 0 aliphatic heterocycles. The largest absolute Gasteiger partial charge is 0.307 e. The maximum Gasteiger partial charge on any atom is 0.159 e. The molecule has 106 valence electrons. The number of rotatable bonds is 4. The summed E-state index contributed by atoms with van der Waals surface area (Å²) in [5.74, 6) is -1.63. The molecular weight excluding hydrogens is 256 g/mol. The number of halogens is 2. The minimum Gasteiger partial charge on any atom is -0.307 e. The highest BCUT2D eigenvalue weighted by molar-refractivity contribution is 5.37. The minimum atomic E-state index is -0.815. The molecule has 0 fully saturated rings. The molecule has 0 aliphatic carbocycles. The maximum absolute atomic E-state index is 13.5. The van der Waals surface area contributed by atoms with Gasteiger partial charge in [0.05, 0.1) is 6.04 Å². The summed E-state index contributed by atoms with van der Waals surface area (Å²) in [4.78, 5) is 0. The monoisotopic (exact) mass is 275 g/mol. The first-order chi connectivity index (χ1) is 9.51. The van der Waals surface area contributed by atoms with Gasteiger partial charge in [-0.05, 0) is 43.7 Å². The van der Waals surface area contributed by atoms with Crippen molar-refractivity contribution in [3.8, 4) is 0 Å². The predicted octanol–water partition coefficient (Wildman–Crippen LogP) is 4.28. The molecule has 20 heavy (non-hydrogen) atoms. The van der Waals surface area contributed by atoms with E-state index in [0.29, 0.717) is 0 Å². The molecule has 0 saturated heterocycles. The molecule has 2 aromatic rings. The van der Waals surface area contributed by atoms with Crippen molar-refractivity contribution < 1.29 is 8.78 Å². The van der Waals surface area contributed by atoms with Gasteiger partial charge in [0.15, 0.2) is 11.6 Å². The number of aryl methyl sites for hydroxylation is 2. The quantitative estimate of drug-likeness (QED) is 0.878. The zero-order valence-corrected chi connectivity index (χ0v) is 12.0. The van der Waals surface area contributed by atoms with E-state index in [2.05, 4.69) is 23.5 Å². The summed E-state index contributed by atoms with van der Waals surface area (Å²) in [6.45, 7) is 6.81. The van der Waals surface area contributed by atoms with E-state index < -0.39 is 11.6 Å². The van der Waals surface area contributed by atoms with Crippen LogP contribution < -0.4 is 5.32 Å². The lowest BCUT2D eigenvalue weighted by molar-refractivity contribution is 0.504. The number of hydrogen-bond donors (Lipinski definition) is 1. The van der Waals surface area contributed by atoms with Crippen molar-refractivity contribution in [3.05, 3.63) is 70.3 Å². The van der Waals surface area contributed by atoms with E-state index in [1.165, 1.54) is 12.1 Å². The van der Waals surface area contributed by atoms with Gasteiger partial charge in [-0.3, -0.25) is 0 Å². The summed E-state index contributed by atoms with van der Waals surface area (Å²) < 4.78 is 26.5. The van der Waals surface area contributed by atoms with Gasteiger partial charge in [-0.1, -0.05) is 42.3 Å². The van der Waals surface area contributed by atoms with Crippen LogP contribution in [-0.2, 0) is 0 Å². The molecule has 1 atom stereocenters. The molecule has 2 rings (SSSR count). The molecule has 0 bridgehead atoms. The second-order valence-corrected chi connectivity index (χ2v) is 5.09. The molecule has 0 amide bonds. The van der Waals surface area contributed by atoms with E-state index in [0.717, 1.165) is 28.8 Å². The molecule has 1 nitrogen and oxygen atoms in total. The topological polar surface area (TPSA) is 12.0 Å². The fourth-order valence-corrected chi connectivity index (χ4v) is 2.50. The highest BCUT2D eigenvalue weighted by Gasteiger charge is 2.15. The van der Waals surface area contributed by atoms with Gasteiger partial charge in [-0.15, -0.1) is 0 Å². The van der Waals surface area contributed by atoms with Crippen molar-refractivity contribution in [1.29, 1.82) is 0 Å². The molecule has 2 aromatic carbocycles. The van der Waals surface area contributed by atoms with Crippen LogP contribution in [0.1, 0.15) is 35.2 Å². The van der Waals surface area contributed by atoms with Crippen molar-refractivity contribution in [2.24, 2.45) is 0 Å². The third-order valence-electron chi connectivity index (χ3n) is 3.26. The van der Waals surface area contributed by atoms with Gasteiger partial charge in [0.25, 0.3) is 0 Å². The van der Waals surface area contributed by atoms with E-state index in [4.69, 9.17) is 0 Å². The van der Waals surface area contributed by atoms with Crippen LogP contribution in [0.3, 0.4) is 0 Å². The molecule has 1 N–H and O–H groups in total. The molecule has 0 radical (unpaired) electrons. The summed E-state index contributed by atoms with van der Waals surface area (Å²) in [5, 5.41) is 3.33. The van der Waals surface area contributed by atoms with Crippen LogP contribution in [0.15, 0.2) is 36.4 Å². The molecule has 0 spiro atoms. The second-order valence-electron chi connectivity index (χ2n) is 5.09. The Morgan fingerprint density at radius 2 is 1.55 bits per heavy atom. The Labute approximate surface area is 118 Å². The number of hydrogen-bond acceptors (Lipinski definition) is 1. The fraction of sp³-hybridized carbons (Fsp3) is 0.294. The summed E-state index contributed by atoms with van der Waals surface area (Å²) in [5.41, 5.74) is 4.11. The van der Waals surface area contributed by atoms with Crippen molar-refractivity contribution in [2.75, 3.05) is 6.54 Å². The Kier molecular flexibility index (Phi) is 4.50. The lowest BCUT2D eigenvalue weighted by Crippen LogP contribution is -2.22. The molecule has 0 saturated carbocycles. The zero-order valence-electron chi connectivity index (χ0n) is 12.0. The molecule has 0 aromatic heterocycles. The van der Waals surface area contributed by atoms with Crippen molar-refractivity contribution in [1.82, 2.24) is 5.32 Å². The summed E-state index contributed by atoms with van der Waals surface area (Å²) in [6, 6.07) is 10.2. The van der Waals surface area contributed by atoms with E-state index >= 15 is 0 Å². The third-order valence-corrected chi connectivity index (χ3v) is 3.26. The highest BCUT2D eigenvalue weighted by atomic mass is 19.2. The van der Waals surface area contributed by atoms with Crippen molar-refractivity contribution in [2.45, 2.75) is 26.8 Å². The van der Waals surface area contributed by atoms with Crippen LogP contribution in [0.25, 0.3) is 0 Å². The molecule has 0 aliphatic rings. The van der Waals surface area contributed by atoms with Crippen LogP contribution in [0, 0.1) is 25.5 Å². The Hall–Kier alpha value is -1.74. The SMILES string of the molecule is CCNC(c1cc(C)cc(C)c1)c1ccc(F)c(F)c1. The van der Waals surface area contributed by atoms with Gasteiger partial charge in [0.2, 0.25) is 0 Å². The summed E-state index contributed by atoms with van der Waals surface area (Å²) in [7, 11) is 0. The maximum atomic E-state index is 13.5. The Balaban J connectivity index is 2.46. The normalized spacial score (nSPS) is 12.4. The minimum absolute atomic E-state index is 0.131. The molecular formula is C17H19F2N. The van der Waals surface area contributed by atoms with Gasteiger partial charge in [-0.25, -0.2) is 8.78 Å². The second kappa shape index (κ2) is 6.14. The Morgan fingerprint density at radius 3 is 2.10 bits per heavy atom. The van der Waals surface area contributed by atoms with E-state index in [9.17, 15) is 8.78 Å². The van der Waals surface area contributed by atoms with Gasteiger partial charge in [0.1, 0.15) is 0 Å². The van der Waals surface area contributed by atoms with E-state index in [-0.39, 0.29) is 6.04 Å². The smallest absolute Gasteiger partial charge is 0.159 e. The first-order valence-corrected chi connectivity index (χ1v) is 6.77. The van der Waals surface area contributed by atoms with Gasteiger partial charge in [0, 0.05) is 0 Å². The van der Waals surface area contributed by atoms with Crippen molar-refractivity contribution in [3.63, 3.8) is 0 Å². The average molecular weight is 275 g/mol. The molecule has 3 heteroatoms. The van der Waals surface area contributed by atoms with Gasteiger partial charge >= 0.3 is 0 Å². The average Bonchev–Trinajstić information content (AvgIpc) is 2.38. The number of nitrogens with one attached hydrogen (secondary N) is 1. The molecule has 1 unspecified atom stereocenters. The predicted molar refractivity (Wildman–Crippen MR) is 77.8 cm³/mol. The number of benzene rings is 2. The van der Waals surface area contributed by atoms with Crippen LogP contribution in [0.5, 0.6) is 0 Å². The Bertz CT molecular complexity index is 588. The van der Waals surface area contributed by atoms with Gasteiger partial charge in [-0.2, -0.15) is 0 Å². The lowest BCUT2D eigenvalue weighted by atomic mass is 9.95. The van der Waals surface area contributed by atoms with E-state index in [1.807, 2.05) is 20.8 Å². The lowest BCUT2D eigenvalue weighted by Gasteiger charge is -2.20. The van der Waals surface area contributed by atoms with Crippen LogP contribution in [-0.4, -0.2) is 6.54 Å². The first kappa shape index (κ1) is 14.7. The Morgan fingerprint density at radius 1 is 0.900 bits per heavy atom. The van der Waals surface area contributed by atoms with Crippen LogP contribution in [0.4, 0.5) is 8.78 Å². The van der Waals surface area contributed by atoms with Gasteiger partial charge < -0.3 is 5.32 Å². The van der Waals surface area contributed by atoms with Crippen molar-refractivity contribution >= 4 is 0 Å². The van der Waals surface area contributed by atoms with Crippen LogP contribution >= 0.6 is 0 Å². The third kappa shape index (κ3) is 3.23. The summed E-state index contributed by atoms with van der Waals surface area (Å²) in [6.07, 6.45) is 0.